The van der Waals surface area contributed by atoms with E-state index in [0.717, 1.165) is 0 Å². The molecular formula is C6H10N2O5. The predicted octanol–water partition coefficient (Wildman–Crippen LogP) is -2.79. The molecule has 0 unspecified atom stereocenters. The maximum absolute atomic E-state index is 11.1. The lowest BCUT2D eigenvalue weighted by Gasteiger charge is -2.29. The third kappa shape index (κ3) is 1.17. The number of imide groups is 1. The molecule has 13 heavy (non-hydrogen) atoms. The van der Waals surface area contributed by atoms with Gasteiger partial charge in [0, 0.05) is 0 Å². The Balaban J connectivity index is 3.03. The number of aliphatic hydroxyl groups excluding tert-OH is 3. The van der Waals surface area contributed by atoms with Crippen LogP contribution in [0.5, 0.6) is 0 Å². The Labute approximate surface area is 73.6 Å². The van der Waals surface area contributed by atoms with Crippen LogP contribution in [0.1, 0.15) is 0 Å². The molecule has 1 heterocycles. The molecule has 0 spiro atoms. The van der Waals surface area contributed by atoms with Gasteiger partial charge in [-0.3, -0.25) is 15.0 Å². The fourth-order valence-electron chi connectivity index (χ4n) is 1.16. The van der Waals surface area contributed by atoms with Gasteiger partial charge in [-0.05, 0) is 0 Å². The average molecular weight is 190 g/mol. The zero-order chi connectivity index (χ0) is 10.1. The Kier molecular flexibility index (Phi) is 2.50. The van der Waals surface area contributed by atoms with Crippen LogP contribution in [0.4, 0.5) is 4.79 Å². The molecule has 0 aliphatic carbocycles. The fourth-order valence-corrected chi connectivity index (χ4v) is 1.16. The van der Waals surface area contributed by atoms with Crippen LogP contribution in [-0.4, -0.2) is 57.6 Å². The molecule has 0 aromatic heterocycles. The normalized spacial score (nSPS) is 20.7. The van der Waals surface area contributed by atoms with Crippen molar-refractivity contribution in [2.24, 2.45) is 0 Å². The van der Waals surface area contributed by atoms with Crippen LogP contribution >= 0.6 is 0 Å². The molecule has 4 N–H and O–H groups in total. The van der Waals surface area contributed by atoms with Crippen molar-refractivity contribution < 1.29 is 24.9 Å². The molecule has 7 heteroatoms. The van der Waals surface area contributed by atoms with Crippen molar-refractivity contribution in [3.05, 3.63) is 0 Å². The summed E-state index contributed by atoms with van der Waals surface area (Å²) in [6.45, 7) is -2.21. The third-order valence-corrected chi connectivity index (χ3v) is 2.07. The van der Waals surface area contributed by atoms with Crippen LogP contribution in [0.2, 0.25) is 0 Å². The highest BCUT2D eigenvalue weighted by Gasteiger charge is 2.52. The summed E-state index contributed by atoms with van der Waals surface area (Å²) in [6, 6.07) is -0.824. The first-order valence-corrected chi connectivity index (χ1v) is 3.58. The number of aliphatic hydroxyl groups is 3. The van der Waals surface area contributed by atoms with Gasteiger partial charge in [0.25, 0.3) is 5.91 Å². The molecule has 0 saturated carbocycles. The highest BCUT2D eigenvalue weighted by Crippen LogP contribution is 2.19. The second-order valence-electron chi connectivity index (χ2n) is 2.68. The summed E-state index contributed by atoms with van der Waals surface area (Å²) in [6.07, 6.45) is 0. The molecule has 0 bridgehead atoms. The summed E-state index contributed by atoms with van der Waals surface area (Å²) in [7, 11) is 0. The molecule has 3 amide bonds. The number of rotatable bonds is 3. The molecule has 0 aromatic rings. The Bertz CT molecular complexity index is 237. The van der Waals surface area contributed by atoms with E-state index < -0.39 is 37.4 Å². The minimum atomic E-state index is -1.73. The topological polar surface area (TPSA) is 110 Å². The quantitative estimate of drug-likeness (QED) is 0.360. The Morgan fingerprint density at radius 3 is 2.08 bits per heavy atom. The summed E-state index contributed by atoms with van der Waals surface area (Å²) in [4.78, 5) is 22.8. The van der Waals surface area contributed by atoms with Crippen LogP contribution < -0.4 is 5.32 Å². The molecule has 0 aromatic carbocycles. The molecule has 74 valence electrons. The number of nitrogens with zero attached hydrogens (tertiary/aromatic N) is 1. The fraction of sp³-hybridized carbons (Fsp3) is 0.667. The second kappa shape index (κ2) is 3.29. The van der Waals surface area contributed by atoms with Gasteiger partial charge in [-0.2, -0.15) is 0 Å². The third-order valence-electron chi connectivity index (χ3n) is 2.07. The van der Waals surface area contributed by atoms with Crippen molar-refractivity contribution in [2.45, 2.75) is 5.54 Å². The summed E-state index contributed by atoms with van der Waals surface area (Å²) in [5.74, 6) is -0.809. The van der Waals surface area contributed by atoms with E-state index >= 15 is 0 Å². The molecule has 0 radical (unpaired) electrons. The van der Waals surface area contributed by atoms with Gasteiger partial charge in [0.15, 0.2) is 5.54 Å². The maximum atomic E-state index is 11.1. The maximum Gasteiger partial charge on any atom is 0.327 e. The first-order valence-electron chi connectivity index (χ1n) is 3.58. The number of carbonyl (C=O) groups is 2. The Morgan fingerprint density at radius 2 is 1.77 bits per heavy atom. The van der Waals surface area contributed by atoms with Gasteiger partial charge in [0.2, 0.25) is 0 Å². The van der Waals surface area contributed by atoms with E-state index in [1.165, 1.54) is 0 Å². The van der Waals surface area contributed by atoms with Crippen LogP contribution in [0.3, 0.4) is 0 Å². The van der Waals surface area contributed by atoms with Crippen molar-refractivity contribution in [1.82, 2.24) is 10.2 Å². The summed E-state index contributed by atoms with van der Waals surface area (Å²) in [5, 5.41) is 28.4. The molecule has 1 aliphatic heterocycles. The van der Waals surface area contributed by atoms with Crippen molar-refractivity contribution in [2.75, 3.05) is 19.9 Å². The predicted molar refractivity (Wildman–Crippen MR) is 39.4 cm³/mol. The number of amides is 3. The molecule has 1 fully saturated rings. The monoisotopic (exact) mass is 190 g/mol. The average Bonchev–Trinajstić information content (AvgIpc) is 2.36. The highest BCUT2D eigenvalue weighted by molar-refractivity contribution is 6.07. The first kappa shape index (κ1) is 9.90. The van der Waals surface area contributed by atoms with E-state index in [4.69, 9.17) is 15.3 Å². The molecule has 0 atom stereocenters. The zero-order valence-electron chi connectivity index (χ0n) is 6.73. The van der Waals surface area contributed by atoms with E-state index in [1.54, 1.807) is 0 Å². The number of urea groups is 1. The summed E-state index contributed by atoms with van der Waals surface area (Å²) >= 11 is 0. The van der Waals surface area contributed by atoms with E-state index in [0.29, 0.717) is 4.90 Å². The van der Waals surface area contributed by atoms with Gasteiger partial charge in [-0.1, -0.05) is 0 Å². The smallest absolute Gasteiger partial charge is 0.327 e. The Hall–Kier alpha value is -1.18. The lowest BCUT2D eigenvalue weighted by atomic mass is 10.0. The highest BCUT2D eigenvalue weighted by atomic mass is 16.3. The van der Waals surface area contributed by atoms with Gasteiger partial charge >= 0.3 is 6.03 Å². The number of nitrogens with one attached hydrogen (secondary N) is 1. The largest absolute Gasteiger partial charge is 0.393 e. The van der Waals surface area contributed by atoms with E-state index in [9.17, 15) is 9.59 Å². The minimum absolute atomic E-state index is 0.676. The van der Waals surface area contributed by atoms with Gasteiger partial charge in [-0.15, -0.1) is 0 Å². The zero-order valence-corrected chi connectivity index (χ0v) is 6.73. The molecular weight excluding hydrogens is 180 g/mol. The van der Waals surface area contributed by atoms with Crippen LogP contribution in [0.15, 0.2) is 0 Å². The van der Waals surface area contributed by atoms with Crippen LogP contribution in [0.25, 0.3) is 0 Å². The van der Waals surface area contributed by atoms with Crippen molar-refractivity contribution in [3.8, 4) is 0 Å². The van der Waals surface area contributed by atoms with Crippen molar-refractivity contribution in [1.29, 1.82) is 0 Å². The lowest BCUT2D eigenvalue weighted by molar-refractivity contribution is -0.133. The van der Waals surface area contributed by atoms with Crippen molar-refractivity contribution in [3.63, 3.8) is 0 Å². The molecule has 1 saturated heterocycles. The molecule has 1 rings (SSSR count). The minimum Gasteiger partial charge on any atom is -0.393 e. The Morgan fingerprint density at radius 1 is 1.23 bits per heavy atom. The lowest BCUT2D eigenvalue weighted by Crippen LogP contribution is -2.55. The van der Waals surface area contributed by atoms with E-state index in [-0.39, 0.29) is 0 Å². The molecule has 7 nitrogen and oxygen atoms in total. The van der Waals surface area contributed by atoms with Gasteiger partial charge in [-0.25, -0.2) is 4.79 Å². The summed E-state index contributed by atoms with van der Waals surface area (Å²) in [5.41, 5.74) is -1.73. The van der Waals surface area contributed by atoms with Gasteiger partial charge in [0.1, 0.15) is 6.73 Å². The standard InChI is InChI=1S/C6H10N2O5/c9-1-6(2-10)4(12)7-5(13)8(6)3-11/h9-11H,1-3H2,(H,7,12,13). The van der Waals surface area contributed by atoms with E-state index in [1.807, 2.05) is 5.32 Å². The van der Waals surface area contributed by atoms with Crippen molar-refractivity contribution >= 4 is 11.9 Å². The number of carbonyl (C=O) groups excluding carboxylic acids is 2. The first-order chi connectivity index (χ1) is 6.12. The van der Waals surface area contributed by atoms with E-state index in [2.05, 4.69) is 0 Å². The van der Waals surface area contributed by atoms with Crippen LogP contribution in [-0.2, 0) is 4.79 Å². The van der Waals surface area contributed by atoms with Gasteiger partial charge in [0.05, 0.1) is 13.2 Å². The summed E-state index contributed by atoms with van der Waals surface area (Å²) < 4.78 is 0. The number of hydrogen-bond donors (Lipinski definition) is 4. The second-order valence-corrected chi connectivity index (χ2v) is 2.68. The van der Waals surface area contributed by atoms with Gasteiger partial charge < -0.3 is 15.3 Å². The molecule has 1 aliphatic rings. The van der Waals surface area contributed by atoms with Crippen LogP contribution in [0, 0.1) is 0 Å². The SMILES string of the molecule is O=C1NC(=O)C(CO)(CO)N1CO. The number of hydrogen-bond acceptors (Lipinski definition) is 5.